The summed E-state index contributed by atoms with van der Waals surface area (Å²) in [6.07, 6.45) is 3.69. The van der Waals surface area contributed by atoms with Crippen molar-refractivity contribution in [2.45, 2.75) is 20.3 Å². The van der Waals surface area contributed by atoms with Crippen molar-refractivity contribution in [3.8, 4) is 11.5 Å². The topological polar surface area (TPSA) is 94.2 Å². The molecule has 0 fully saturated rings. The number of nitrogens with one attached hydrogen (secondary N) is 1. The van der Waals surface area contributed by atoms with Gasteiger partial charge in [-0.25, -0.2) is 4.79 Å². The first-order chi connectivity index (χ1) is 15.5. The maximum Gasteiger partial charge on any atom is 0.331 e. The largest absolute Gasteiger partial charge is 0.490 e. The van der Waals surface area contributed by atoms with Crippen LogP contribution in [0.3, 0.4) is 0 Å². The van der Waals surface area contributed by atoms with E-state index in [-0.39, 0.29) is 12.5 Å². The highest BCUT2D eigenvalue weighted by Gasteiger charge is 2.27. The molecule has 2 aromatic carbocycles. The molecule has 1 N–H and O–H groups in total. The second-order valence-corrected chi connectivity index (χ2v) is 6.97. The Balaban J connectivity index is 1.59. The average molecular weight is 438 g/mol. The normalized spacial score (nSPS) is 12.8. The lowest BCUT2D eigenvalue weighted by molar-refractivity contribution is -0.143. The van der Waals surface area contributed by atoms with Crippen molar-refractivity contribution in [3.63, 3.8) is 0 Å². The predicted octanol–water partition coefficient (Wildman–Crippen LogP) is 3.42. The van der Waals surface area contributed by atoms with Gasteiger partial charge in [0.05, 0.1) is 24.6 Å². The molecule has 0 unspecified atom stereocenters. The van der Waals surface area contributed by atoms with Gasteiger partial charge in [-0.05, 0) is 49.2 Å². The summed E-state index contributed by atoms with van der Waals surface area (Å²) >= 11 is 0. The number of amides is 2. The van der Waals surface area contributed by atoms with E-state index in [2.05, 4.69) is 5.32 Å². The van der Waals surface area contributed by atoms with Crippen LogP contribution in [0.15, 0.2) is 48.5 Å². The summed E-state index contributed by atoms with van der Waals surface area (Å²) in [4.78, 5) is 37.8. The quantitative estimate of drug-likeness (QED) is 0.476. The van der Waals surface area contributed by atoms with E-state index in [1.54, 1.807) is 48.5 Å². The fourth-order valence-corrected chi connectivity index (χ4v) is 3.11. The van der Waals surface area contributed by atoms with Gasteiger partial charge < -0.3 is 19.5 Å². The number of para-hydroxylation sites is 2. The van der Waals surface area contributed by atoms with Gasteiger partial charge in [0.1, 0.15) is 6.54 Å². The van der Waals surface area contributed by atoms with Crippen LogP contribution in [0.25, 0.3) is 6.08 Å². The van der Waals surface area contributed by atoms with Crippen LogP contribution in [0, 0.1) is 0 Å². The Labute approximate surface area is 186 Å². The molecule has 0 bridgehead atoms. The van der Waals surface area contributed by atoms with Crippen molar-refractivity contribution in [1.29, 1.82) is 0 Å². The third kappa shape index (κ3) is 5.87. The first-order valence-corrected chi connectivity index (χ1v) is 10.5. The molecule has 0 aliphatic carbocycles. The fraction of sp³-hybridized carbons (Fsp3) is 0.292. The van der Waals surface area contributed by atoms with E-state index in [9.17, 15) is 14.4 Å². The Morgan fingerprint density at radius 1 is 1.09 bits per heavy atom. The molecule has 2 aromatic rings. The van der Waals surface area contributed by atoms with E-state index in [4.69, 9.17) is 14.2 Å². The number of esters is 1. The second-order valence-electron chi connectivity index (χ2n) is 6.97. The van der Waals surface area contributed by atoms with Gasteiger partial charge in [0, 0.05) is 6.08 Å². The SMILES string of the molecule is CCCOc1ccc(/C=C/C(=O)OCC(=O)N2CC(=O)Nc3ccccc32)cc1OCC. The second kappa shape index (κ2) is 11.0. The molecule has 3 rings (SSSR count). The number of carbonyl (C=O) groups excluding carboxylic acids is 3. The molecule has 0 spiro atoms. The van der Waals surface area contributed by atoms with Crippen LogP contribution < -0.4 is 19.7 Å². The molecule has 2 amide bonds. The minimum atomic E-state index is -0.669. The van der Waals surface area contributed by atoms with E-state index in [1.807, 2.05) is 13.8 Å². The Bertz CT molecular complexity index is 1020. The number of anilines is 2. The van der Waals surface area contributed by atoms with Gasteiger partial charge >= 0.3 is 5.97 Å². The summed E-state index contributed by atoms with van der Waals surface area (Å²) < 4.78 is 16.3. The summed E-state index contributed by atoms with van der Waals surface area (Å²) in [5.74, 6) is -0.222. The molecule has 0 saturated carbocycles. The van der Waals surface area contributed by atoms with Gasteiger partial charge in [0.2, 0.25) is 5.91 Å². The molecule has 1 aliphatic rings. The maximum atomic E-state index is 12.5. The Kier molecular flexibility index (Phi) is 7.85. The van der Waals surface area contributed by atoms with Crippen molar-refractivity contribution in [3.05, 3.63) is 54.1 Å². The van der Waals surface area contributed by atoms with Crippen LogP contribution in [-0.2, 0) is 19.1 Å². The molecule has 8 heteroatoms. The van der Waals surface area contributed by atoms with Gasteiger partial charge in [-0.1, -0.05) is 25.1 Å². The molecular weight excluding hydrogens is 412 g/mol. The summed E-state index contributed by atoms with van der Waals surface area (Å²) in [5, 5.41) is 2.71. The van der Waals surface area contributed by atoms with Crippen molar-refractivity contribution in [1.82, 2.24) is 0 Å². The van der Waals surface area contributed by atoms with Crippen LogP contribution >= 0.6 is 0 Å². The highest BCUT2D eigenvalue weighted by atomic mass is 16.5. The lowest BCUT2D eigenvalue weighted by atomic mass is 10.2. The standard InChI is InChI=1S/C24H26N2O6/c1-3-13-31-20-11-9-17(14-21(20)30-4-2)10-12-24(29)32-16-23(28)26-15-22(27)25-18-7-5-6-8-19(18)26/h5-12,14H,3-4,13,15-16H2,1-2H3,(H,25,27)/b12-10+. The van der Waals surface area contributed by atoms with Crippen LogP contribution in [0.5, 0.6) is 11.5 Å². The summed E-state index contributed by atoms with van der Waals surface area (Å²) in [6, 6.07) is 12.3. The van der Waals surface area contributed by atoms with Crippen molar-refractivity contribution < 1.29 is 28.6 Å². The van der Waals surface area contributed by atoms with Crippen molar-refractivity contribution >= 4 is 35.2 Å². The first kappa shape index (κ1) is 22.9. The van der Waals surface area contributed by atoms with Gasteiger partial charge in [-0.3, -0.25) is 14.5 Å². The first-order valence-electron chi connectivity index (χ1n) is 10.5. The summed E-state index contributed by atoms with van der Waals surface area (Å²) in [5.41, 5.74) is 1.83. The number of fused-ring (bicyclic) bond motifs is 1. The Hall–Kier alpha value is -3.81. The Morgan fingerprint density at radius 3 is 2.69 bits per heavy atom. The highest BCUT2D eigenvalue weighted by Crippen LogP contribution is 2.30. The van der Waals surface area contributed by atoms with Crippen LogP contribution in [-0.4, -0.2) is 44.1 Å². The van der Waals surface area contributed by atoms with E-state index < -0.39 is 18.5 Å². The molecule has 8 nitrogen and oxygen atoms in total. The van der Waals surface area contributed by atoms with Crippen molar-refractivity contribution in [2.75, 3.05) is 36.6 Å². The number of carbonyl (C=O) groups is 3. The third-order valence-electron chi connectivity index (χ3n) is 4.55. The van der Waals surface area contributed by atoms with Crippen LogP contribution in [0.4, 0.5) is 11.4 Å². The van der Waals surface area contributed by atoms with Gasteiger partial charge in [-0.15, -0.1) is 0 Å². The lowest BCUT2D eigenvalue weighted by Crippen LogP contribution is -2.43. The molecule has 1 heterocycles. The number of nitrogens with zero attached hydrogens (tertiary/aromatic N) is 1. The molecule has 0 atom stereocenters. The van der Waals surface area contributed by atoms with Gasteiger partial charge in [0.25, 0.3) is 5.91 Å². The predicted molar refractivity (Wildman–Crippen MR) is 121 cm³/mol. The average Bonchev–Trinajstić information content (AvgIpc) is 2.80. The van der Waals surface area contributed by atoms with Gasteiger partial charge in [-0.2, -0.15) is 0 Å². The van der Waals surface area contributed by atoms with Crippen LogP contribution in [0.2, 0.25) is 0 Å². The van der Waals surface area contributed by atoms with E-state index in [0.29, 0.717) is 36.1 Å². The van der Waals surface area contributed by atoms with E-state index in [1.165, 1.54) is 11.0 Å². The summed E-state index contributed by atoms with van der Waals surface area (Å²) in [7, 11) is 0. The minimum Gasteiger partial charge on any atom is -0.490 e. The van der Waals surface area contributed by atoms with E-state index >= 15 is 0 Å². The smallest absolute Gasteiger partial charge is 0.331 e. The molecule has 1 aliphatic heterocycles. The minimum absolute atomic E-state index is 0.129. The van der Waals surface area contributed by atoms with Gasteiger partial charge in [0.15, 0.2) is 18.1 Å². The molecule has 0 saturated heterocycles. The Morgan fingerprint density at radius 2 is 1.91 bits per heavy atom. The maximum absolute atomic E-state index is 12.5. The number of rotatable bonds is 9. The summed E-state index contributed by atoms with van der Waals surface area (Å²) in [6.45, 7) is 4.36. The number of hydrogen-bond donors (Lipinski definition) is 1. The zero-order chi connectivity index (χ0) is 22.9. The fourth-order valence-electron chi connectivity index (χ4n) is 3.11. The molecule has 0 aromatic heterocycles. The van der Waals surface area contributed by atoms with Crippen molar-refractivity contribution in [2.24, 2.45) is 0 Å². The molecule has 168 valence electrons. The zero-order valence-corrected chi connectivity index (χ0v) is 18.1. The molecule has 0 radical (unpaired) electrons. The number of hydrogen-bond acceptors (Lipinski definition) is 6. The molecule has 32 heavy (non-hydrogen) atoms. The van der Waals surface area contributed by atoms with E-state index in [0.717, 1.165) is 12.0 Å². The number of benzene rings is 2. The molecular formula is C24H26N2O6. The third-order valence-corrected chi connectivity index (χ3v) is 4.55. The van der Waals surface area contributed by atoms with Crippen LogP contribution in [0.1, 0.15) is 25.8 Å². The zero-order valence-electron chi connectivity index (χ0n) is 18.1. The number of ether oxygens (including phenoxy) is 3. The lowest BCUT2D eigenvalue weighted by Gasteiger charge is -2.28. The monoisotopic (exact) mass is 438 g/mol. The highest BCUT2D eigenvalue weighted by molar-refractivity contribution is 6.10.